The molecule has 0 unspecified atom stereocenters. The van der Waals surface area contributed by atoms with Crippen LogP contribution >= 0.6 is 0 Å². The second-order valence-corrected chi connectivity index (χ2v) is 5.79. The number of carbonyl (C=O) groups is 1. The lowest BCUT2D eigenvalue weighted by Gasteiger charge is -2.19. The maximum absolute atomic E-state index is 12.5. The number of aromatic nitrogens is 5. The SMILES string of the molecule is CCN(CC)c1ccc(C(=O)Nc2ccc(-n3cnnn3)c(C)c2)cn1. The summed E-state index contributed by atoms with van der Waals surface area (Å²) in [5, 5.41) is 14.0. The number of anilines is 2. The van der Waals surface area contributed by atoms with E-state index in [4.69, 9.17) is 0 Å². The molecule has 0 saturated carbocycles. The molecule has 0 bridgehead atoms. The van der Waals surface area contributed by atoms with E-state index in [0.29, 0.717) is 11.3 Å². The second kappa shape index (κ2) is 7.73. The zero-order chi connectivity index (χ0) is 18.5. The molecule has 1 N–H and O–H groups in total. The van der Waals surface area contributed by atoms with Crippen molar-refractivity contribution in [2.45, 2.75) is 20.8 Å². The molecule has 0 spiro atoms. The van der Waals surface area contributed by atoms with Crippen molar-refractivity contribution < 1.29 is 4.79 Å². The highest BCUT2D eigenvalue weighted by atomic mass is 16.1. The fraction of sp³-hybridized carbons (Fsp3) is 0.278. The van der Waals surface area contributed by atoms with E-state index >= 15 is 0 Å². The van der Waals surface area contributed by atoms with E-state index in [9.17, 15) is 4.79 Å². The van der Waals surface area contributed by atoms with Crippen molar-refractivity contribution in [3.8, 4) is 5.69 Å². The van der Waals surface area contributed by atoms with Gasteiger partial charge in [-0.25, -0.2) is 9.67 Å². The first kappa shape index (κ1) is 17.5. The Balaban J connectivity index is 1.73. The van der Waals surface area contributed by atoms with Gasteiger partial charge in [0.1, 0.15) is 12.1 Å². The molecule has 1 amide bonds. The molecule has 0 radical (unpaired) electrons. The lowest BCUT2D eigenvalue weighted by atomic mass is 10.1. The molecule has 1 aromatic carbocycles. The minimum Gasteiger partial charge on any atom is -0.357 e. The van der Waals surface area contributed by atoms with E-state index in [-0.39, 0.29) is 5.91 Å². The quantitative estimate of drug-likeness (QED) is 0.734. The number of benzene rings is 1. The highest BCUT2D eigenvalue weighted by molar-refractivity contribution is 6.04. The Hall–Kier alpha value is -3.29. The summed E-state index contributed by atoms with van der Waals surface area (Å²) in [5.74, 6) is 0.673. The molecule has 3 rings (SSSR count). The maximum Gasteiger partial charge on any atom is 0.257 e. The molecule has 0 aliphatic rings. The average molecular weight is 351 g/mol. The monoisotopic (exact) mass is 351 g/mol. The van der Waals surface area contributed by atoms with E-state index < -0.39 is 0 Å². The van der Waals surface area contributed by atoms with Crippen LogP contribution in [0.4, 0.5) is 11.5 Å². The lowest BCUT2D eigenvalue weighted by Crippen LogP contribution is -2.23. The smallest absolute Gasteiger partial charge is 0.257 e. The molecule has 0 saturated heterocycles. The van der Waals surface area contributed by atoms with Crippen molar-refractivity contribution in [2.24, 2.45) is 0 Å². The van der Waals surface area contributed by atoms with Crippen LogP contribution in [0.1, 0.15) is 29.8 Å². The highest BCUT2D eigenvalue weighted by Crippen LogP contribution is 2.19. The van der Waals surface area contributed by atoms with Crippen LogP contribution in [0.5, 0.6) is 0 Å². The summed E-state index contributed by atoms with van der Waals surface area (Å²) >= 11 is 0. The van der Waals surface area contributed by atoms with E-state index in [1.165, 1.54) is 6.33 Å². The molecule has 134 valence electrons. The number of carbonyl (C=O) groups excluding carboxylic acids is 1. The van der Waals surface area contributed by atoms with Crippen LogP contribution in [-0.4, -0.2) is 44.2 Å². The summed E-state index contributed by atoms with van der Waals surface area (Å²) in [6.45, 7) is 7.84. The van der Waals surface area contributed by atoms with Gasteiger partial charge >= 0.3 is 0 Å². The summed E-state index contributed by atoms with van der Waals surface area (Å²) in [4.78, 5) is 19.0. The minimum atomic E-state index is -0.196. The number of rotatable bonds is 6. The Morgan fingerprint density at radius 2 is 2.00 bits per heavy atom. The summed E-state index contributed by atoms with van der Waals surface area (Å²) in [6, 6.07) is 9.22. The number of nitrogens with zero attached hydrogens (tertiary/aromatic N) is 6. The summed E-state index contributed by atoms with van der Waals surface area (Å²) in [7, 11) is 0. The fourth-order valence-electron chi connectivity index (χ4n) is 2.72. The van der Waals surface area contributed by atoms with E-state index in [1.807, 2.05) is 31.2 Å². The topological polar surface area (TPSA) is 88.8 Å². The summed E-state index contributed by atoms with van der Waals surface area (Å²) in [5.41, 5.74) is 3.03. The summed E-state index contributed by atoms with van der Waals surface area (Å²) in [6.07, 6.45) is 3.13. The second-order valence-electron chi connectivity index (χ2n) is 5.79. The van der Waals surface area contributed by atoms with Crippen molar-refractivity contribution in [1.82, 2.24) is 25.2 Å². The zero-order valence-electron chi connectivity index (χ0n) is 15.0. The van der Waals surface area contributed by atoms with Crippen LogP contribution in [0.25, 0.3) is 5.69 Å². The fourth-order valence-corrected chi connectivity index (χ4v) is 2.72. The number of hydrogen-bond acceptors (Lipinski definition) is 6. The van der Waals surface area contributed by atoms with E-state index in [1.54, 1.807) is 16.9 Å². The largest absolute Gasteiger partial charge is 0.357 e. The number of nitrogens with one attached hydrogen (secondary N) is 1. The molecule has 0 fully saturated rings. The molecule has 0 aliphatic heterocycles. The first-order valence-corrected chi connectivity index (χ1v) is 8.48. The van der Waals surface area contributed by atoms with Crippen molar-refractivity contribution >= 4 is 17.4 Å². The van der Waals surface area contributed by atoms with Crippen LogP contribution in [0.3, 0.4) is 0 Å². The molecule has 8 nitrogen and oxygen atoms in total. The van der Waals surface area contributed by atoms with Gasteiger partial charge in [-0.05, 0) is 67.1 Å². The van der Waals surface area contributed by atoms with Crippen molar-refractivity contribution in [3.63, 3.8) is 0 Å². The zero-order valence-corrected chi connectivity index (χ0v) is 15.0. The minimum absolute atomic E-state index is 0.196. The first-order chi connectivity index (χ1) is 12.6. The third kappa shape index (κ3) is 3.69. The standard InChI is InChI=1S/C18H21N7O/c1-4-24(5-2)17-9-6-14(11-19-17)18(26)21-15-7-8-16(13(3)10-15)25-12-20-22-23-25/h6-12H,4-5H2,1-3H3,(H,21,26). The third-order valence-corrected chi connectivity index (χ3v) is 4.15. The molecule has 8 heteroatoms. The Bertz CT molecular complexity index is 871. The average Bonchev–Trinajstić information content (AvgIpc) is 3.18. The number of pyridine rings is 1. The van der Waals surface area contributed by atoms with Crippen LogP contribution in [0, 0.1) is 6.92 Å². The van der Waals surface area contributed by atoms with Gasteiger partial charge in [-0.15, -0.1) is 5.10 Å². The van der Waals surface area contributed by atoms with Crippen LogP contribution in [0.2, 0.25) is 0 Å². The molecular weight excluding hydrogens is 330 g/mol. The van der Waals surface area contributed by atoms with Gasteiger partial charge in [-0.3, -0.25) is 4.79 Å². The van der Waals surface area contributed by atoms with Crippen LogP contribution < -0.4 is 10.2 Å². The van der Waals surface area contributed by atoms with Crippen molar-refractivity contribution in [3.05, 3.63) is 54.0 Å². The van der Waals surface area contributed by atoms with Gasteiger partial charge in [0.05, 0.1) is 11.3 Å². The first-order valence-electron chi connectivity index (χ1n) is 8.48. The van der Waals surface area contributed by atoms with E-state index in [0.717, 1.165) is 30.2 Å². The van der Waals surface area contributed by atoms with Crippen LogP contribution in [-0.2, 0) is 0 Å². The molecule has 26 heavy (non-hydrogen) atoms. The molecule has 0 atom stereocenters. The Morgan fingerprint density at radius 1 is 1.19 bits per heavy atom. The number of tetrazole rings is 1. The molecule has 2 aromatic heterocycles. The van der Waals surface area contributed by atoms with Gasteiger partial charge in [0.25, 0.3) is 5.91 Å². The molecular formula is C18H21N7O. The molecule has 0 aliphatic carbocycles. The Morgan fingerprint density at radius 3 is 2.58 bits per heavy atom. The van der Waals surface area contributed by atoms with Gasteiger partial charge in [0.2, 0.25) is 0 Å². The van der Waals surface area contributed by atoms with Crippen molar-refractivity contribution in [1.29, 1.82) is 0 Å². The van der Waals surface area contributed by atoms with Gasteiger partial charge in [-0.1, -0.05) is 0 Å². The predicted molar refractivity (Wildman–Crippen MR) is 99.6 cm³/mol. The lowest BCUT2D eigenvalue weighted by molar-refractivity contribution is 0.102. The molecule has 2 heterocycles. The van der Waals surface area contributed by atoms with Gasteiger partial charge < -0.3 is 10.2 Å². The van der Waals surface area contributed by atoms with Gasteiger partial charge in [0, 0.05) is 25.0 Å². The number of aryl methyl sites for hydroxylation is 1. The molecule has 3 aromatic rings. The highest BCUT2D eigenvalue weighted by Gasteiger charge is 2.10. The van der Waals surface area contributed by atoms with Crippen molar-refractivity contribution in [2.75, 3.05) is 23.3 Å². The van der Waals surface area contributed by atoms with E-state index in [2.05, 4.69) is 44.6 Å². The third-order valence-electron chi connectivity index (χ3n) is 4.15. The predicted octanol–water partition coefficient (Wildman–Crippen LogP) is 2.46. The normalized spacial score (nSPS) is 10.6. The Labute approximate surface area is 151 Å². The summed E-state index contributed by atoms with van der Waals surface area (Å²) < 4.78 is 1.58. The van der Waals surface area contributed by atoms with Gasteiger partial charge in [0.15, 0.2) is 0 Å². The van der Waals surface area contributed by atoms with Crippen LogP contribution in [0.15, 0.2) is 42.9 Å². The Kier molecular flexibility index (Phi) is 5.21. The number of hydrogen-bond donors (Lipinski definition) is 1. The van der Waals surface area contributed by atoms with Gasteiger partial charge in [-0.2, -0.15) is 0 Å². The maximum atomic E-state index is 12.5. The number of amides is 1.